The number of aromatic nitrogens is 2. The summed E-state index contributed by atoms with van der Waals surface area (Å²) in [6, 6.07) is 14.9. The molecule has 6 nitrogen and oxygen atoms in total. The number of halogens is 1. The van der Waals surface area contributed by atoms with Crippen LogP contribution < -0.4 is 10.6 Å². The molecule has 0 radical (unpaired) electrons. The van der Waals surface area contributed by atoms with E-state index in [9.17, 15) is 4.79 Å². The first kappa shape index (κ1) is 19.2. The number of nitrogens with one attached hydrogen (secondary N) is 2. The molecule has 0 saturated heterocycles. The predicted octanol–water partition coefficient (Wildman–Crippen LogP) is 3.71. The number of hydrogen-bond donors (Lipinski definition) is 3. The fourth-order valence-corrected chi connectivity index (χ4v) is 3.22. The molecule has 1 aromatic carbocycles. The van der Waals surface area contributed by atoms with Crippen molar-refractivity contribution in [1.82, 2.24) is 9.97 Å². The Bertz CT molecular complexity index is 948. The third-order valence-corrected chi connectivity index (χ3v) is 4.85. The Hall–Kier alpha value is -2.52. The maximum atomic E-state index is 12.7. The van der Waals surface area contributed by atoms with Crippen molar-refractivity contribution in [3.05, 3.63) is 69.6 Å². The average molecular weight is 474 g/mol. The van der Waals surface area contributed by atoms with E-state index in [1.54, 1.807) is 25.3 Å². The molecule has 0 aliphatic heterocycles. The zero-order valence-corrected chi connectivity index (χ0v) is 16.9. The number of anilines is 2. The smallest absolute Gasteiger partial charge is 0.257 e. The Morgan fingerprint density at radius 3 is 2.74 bits per heavy atom. The zero-order valence-electron chi connectivity index (χ0n) is 14.7. The topological polar surface area (TPSA) is 87.1 Å². The van der Waals surface area contributed by atoms with Crippen molar-refractivity contribution in [2.75, 3.05) is 23.8 Å². The Balaban J connectivity index is 1.80. The molecule has 0 atom stereocenters. The van der Waals surface area contributed by atoms with Crippen LogP contribution in [0.2, 0.25) is 0 Å². The minimum atomic E-state index is -0.220. The SMILES string of the molecule is Cc1nc(NCCO)ccc1C(=O)Nc1ccc(I)c(-c2ccccn2)c1. The molecule has 0 unspecified atom stereocenters. The first-order valence-corrected chi connectivity index (χ1v) is 9.51. The number of carbonyl (C=O) groups excluding carboxylic acids is 1. The number of rotatable bonds is 6. The van der Waals surface area contributed by atoms with E-state index in [0.717, 1.165) is 14.8 Å². The fourth-order valence-electron chi connectivity index (χ4n) is 2.60. The molecule has 0 aliphatic rings. The Morgan fingerprint density at radius 1 is 1.19 bits per heavy atom. The third kappa shape index (κ3) is 4.81. The van der Waals surface area contributed by atoms with E-state index in [1.165, 1.54) is 0 Å². The molecule has 0 spiro atoms. The first-order valence-electron chi connectivity index (χ1n) is 8.43. The highest BCUT2D eigenvalue weighted by molar-refractivity contribution is 14.1. The summed E-state index contributed by atoms with van der Waals surface area (Å²) >= 11 is 2.26. The summed E-state index contributed by atoms with van der Waals surface area (Å²) in [4.78, 5) is 21.4. The van der Waals surface area contributed by atoms with Crippen LogP contribution in [0.25, 0.3) is 11.3 Å². The van der Waals surface area contributed by atoms with Gasteiger partial charge >= 0.3 is 0 Å². The van der Waals surface area contributed by atoms with E-state index in [2.05, 4.69) is 43.2 Å². The number of nitrogens with zero attached hydrogens (tertiary/aromatic N) is 2. The molecule has 2 aromatic heterocycles. The molecule has 3 rings (SSSR count). The lowest BCUT2D eigenvalue weighted by Gasteiger charge is -2.11. The summed E-state index contributed by atoms with van der Waals surface area (Å²) in [5.41, 5.74) is 3.64. The Labute approximate surface area is 171 Å². The second kappa shape index (κ2) is 8.92. The molecule has 0 aliphatic carbocycles. The van der Waals surface area contributed by atoms with Gasteiger partial charge in [-0.15, -0.1) is 0 Å². The lowest BCUT2D eigenvalue weighted by molar-refractivity contribution is 0.102. The number of hydrogen-bond acceptors (Lipinski definition) is 5. The summed E-state index contributed by atoms with van der Waals surface area (Å²) in [6.07, 6.45) is 1.75. The quantitative estimate of drug-likeness (QED) is 0.475. The van der Waals surface area contributed by atoms with Crippen molar-refractivity contribution in [3.63, 3.8) is 0 Å². The number of aliphatic hydroxyl groups excluding tert-OH is 1. The molecular formula is C20H19IN4O2. The summed E-state index contributed by atoms with van der Waals surface area (Å²) in [6.45, 7) is 2.22. The second-order valence-electron chi connectivity index (χ2n) is 5.84. The highest BCUT2D eigenvalue weighted by atomic mass is 127. The molecule has 0 fully saturated rings. The molecule has 0 saturated carbocycles. The summed E-state index contributed by atoms with van der Waals surface area (Å²) < 4.78 is 1.06. The van der Waals surface area contributed by atoms with Crippen LogP contribution in [0.15, 0.2) is 54.7 Å². The van der Waals surface area contributed by atoms with Crippen molar-refractivity contribution in [1.29, 1.82) is 0 Å². The molecule has 138 valence electrons. The van der Waals surface area contributed by atoms with Crippen molar-refractivity contribution in [2.45, 2.75) is 6.92 Å². The maximum Gasteiger partial charge on any atom is 0.257 e. The van der Waals surface area contributed by atoms with Gasteiger partial charge in [0.15, 0.2) is 0 Å². The van der Waals surface area contributed by atoms with Crippen LogP contribution >= 0.6 is 22.6 Å². The maximum absolute atomic E-state index is 12.7. The Morgan fingerprint density at radius 2 is 2.04 bits per heavy atom. The number of aryl methyl sites for hydroxylation is 1. The van der Waals surface area contributed by atoms with Gasteiger partial charge in [0.05, 0.1) is 23.6 Å². The number of amides is 1. The number of aliphatic hydroxyl groups is 1. The summed E-state index contributed by atoms with van der Waals surface area (Å²) in [5, 5.41) is 14.8. The van der Waals surface area contributed by atoms with Gasteiger partial charge in [-0.05, 0) is 72.0 Å². The lowest BCUT2D eigenvalue weighted by atomic mass is 10.1. The van der Waals surface area contributed by atoms with Crippen molar-refractivity contribution in [2.24, 2.45) is 0 Å². The van der Waals surface area contributed by atoms with Gasteiger partial charge in [-0.3, -0.25) is 9.78 Å². The normalized spacial score (nSPS) is 10.5. The first-order chi connectivity index (χ1) is 13.1. The number of benzene rings is 1. The van der Waals surface area contributed by atoms with Crippen LogP contribution in [0.1, 0.15) is 16.1 Å². The van der Waals surface area contributed by atoms with Gasteiger partial charge in [0.25, 0.3) is 5.91 Å². The monoisotopic (exact) mass is 474 g/mol. The van der Waals surface area contributed by atoms with Gasteiger partial charge in [-0.25, -0.2) is 4.98 Å². The van der Waals surface area contributed by atoms with Crippen LogP contribution in [-0.2, 0) is 0 Å². The van der Waals surface area contributed by atoms with Crippen LogP contribution in [0.3, 0.4) is 0 Å². The van der Waals surface area contributed by atoms with Gasteiger partial charge in [-0.1, -0.05) is 6.07 Å². The summed E-state index contributed by atoms with van der Waals surface area (Å²) in [7, 11) is 0. The molecule has 27 heavy (non-hydrogen) atoms. The predicted molar refractivity (Wildman–Crippen MR) is 115 cm³/mol. The van der Waals surface area contributed by atoms with E-state index in [-0.39, 0.29) is 12.5 Å². The average Bonchev–Trinajstić information content (AvgIpc) is 2.68. The molecule has 3 aromatic rings. The van der Waals surface area contributed by atoms with E-state index < -0.39 is 0 Å². The molecule has 3 N–H and O–H groups in total. The lowest BCUT2D eigenvalue weighted by Crippen LogP contribution is -2.15. The number of pyridine rings is 2. The standard InChI is InChI=1S/C20H19IN4O2/c1-13-15(6-8-19(24-13)23-10-11-26)20(27)25-14-5-7-17(21)16(12-14)18-4-2-3-9-22-18/h2-9,12,26H,10-11H2,1H3,(H,23,24)(H,25,27). The van der Waals surface area contributed by atoms with E-state index in [4.69, 9.17) is 5.11 Å². The van der Waals surface area contributed by atoms with Gasteiger partial charge in [0.1, 0.15) is 5.82 Å². The zero-order chi connectivity index (χ0) is 19.2. The van der Waals surface area contributed by atoms with Crippen LogP contribution in [0, 0.1) is 10.5 Å². The van der Waals surface area contributed by atoms with Gasteiger partial charge in [0, 0.05) is 27.6 Å². The van der Waals surface area contributed by atoms with Crippen LogP contribution in [-0.4, -0.2) is 34.1 Å². The van der Waals surface area contributed by atoms with E-state index in [0.29, 0.717) is 29.3 Å². The number of carbonyl (C=O) groups is 1. The molecular weight excluding hydrogens is 455 g/mol. The second-order valence-corrected chi connectivity index (χ2v) is 7.01. The highest BCUT2D eigenvalue weighted by Crippen LogP contribution is 2.27. The third-order valence-electron chi connectivity index (χ3n) is 3.91. The van der Waals surface area contributed by atoms with Gasteiger partial charge < -0.3 is 15.7 Å². The van der Waals surface area contributed by atoms with Crippen LogP contribution in [0.4, 0.5) is 11.5 Å². The van der Waals surface area contributed by atoms with Gasteiger partial charge in [0.2, 0.25) is 0 Å². The molecule has 2 heterocycles. The minimum absolute atomic E-state index is 0.0222. The van der Waals surface area contributed by atoms with Crippen molar-refractivity contribution in [3.8, 4) is 11.3 Å². The van der Waals surface area contributed by atoms with Crippen molar-refractivity contribution < 1.29 is 9.90 Å². The Kier molecular flexibility index (Phi) is 6.36. The van der Waals surface area contributed by atoms with Gasteiger partial charge in [-0.2, -0.15) is 0 Å². The van der Waals surface area contributed by atoms with Crippen LogP contribution in [0.5, 0.6) is 0 Å². The molecule has 7 heteroatoms. The molecule has 1 amide bonds. The van der Waals surface area contributed by atoms with Crippen molar-refractivity contribution >= 4 is 40.0 Å². The fraction of sp³-hybridized carbons (Fsp3) is 0.150. The summed E-state index contributed by atoms with van der Waals surface area (Å²) in [5.74, 6) is 0.409. The molecule has 0 bridgehead atoms. The minimum Gasteiger partial charge on any atom is -0.395 e. The largest absolute Gasteiger partial charge is 0.395 e. The van der Waals surface area contributed by atoms with E-state index in [1.807, 2.05) is 36.4 Å². The van der Waals surface area contributed by atoms with E-state index >= 15 is 0 Å². The highest BCUT2D eigenvalue weighted by Gasteiger charge is 2.13.